The van der Waals surface area contributed by atoms with E-state index in [1.54, 1.807) is 0 Å². The van der Waals surface area contributed by atoms with Crippen LogP contribution in [0.15, 0.2) is 30.3 Å². The third-order valence-electron chi connectivity index (χ3n) is 13.3. The van der Waals surface area contributed by atoms with E-state index < -0.39 is 0 Å². The summed E-state index contributed by atoms with van der Waals surface area (Å²) in [5.41, 5.74) is 2.51. The second-order valence-electron chi connectivity index (χ2n) is 15.1. The van der Waals surface area contributed by atoms with Crippen molar-refractivity contribution < 1.29 is 4.74 Å². The summed E-state index contributed by atoms with van der Waals surface area (Å²) in [6.45, 7) is 13.0. The molecule has 5 aliphatic rings. The molecule has 4 saturated carbocycles. The van der Waals surface area contributed by atoms with Gasteiger partial charge >= 0.3 is 0 Å². The van der Waals surface area contributed by atoms with Crippen molar-refractivity contribution in [3.8, 4) is 0 Å². The van der Waals surface area contributed by atoms with E-state index in [0.717, 1.165) is 42.1 Å². The first kappa shape index (κ1) is 27.3. The summed E-state index contributed by atoms with van der Waals surface area (Å²) in [7, 11) is 0. The van der Waals surface area contributed by atoms with Crippen molar-refractivity contribution in [1.82, 2.24) is 4.90 Å². The summed E-state index contributed by atoms with van der Waals surface area (Å²) in [6.07, 6.45) is 20.7. The molecule has 1 saturated heterocycles. The van der Waals surface area contributed by atoms with Gasteiger partial charge in [0.1, 0.15) is 0 Å². The topological polar surface area (TPSA) is 12.5 Å². The van der Waals surface area contributed by atoms with Gasteiger partial charge in [-0.05, 0) is 155 Å². The Morgan fingerprint density at radius 3 is 2.45 bits per heavy atom. The van der Waals surface area contributed by atoms with Crippen molar-refractivity contribution in [2.75, 3.05) is 19.6 Å². The fourth-order valence-corrected chi connectivity index (χ4v) is 11.2. The molecule has 0 amide bonds. The lowest BCUT2D eigenvalue weighted by Gasteiger charge is -2.61. The van der Waals surface area contributed by atoms with Crippen molar-refractivity contribution in [1.29, 1.82) is 0 Å². The Morgan fingerprint density at radius 2 is 1.63 bits per heavy atom. The Labute approximate surface area is 234 Å². The Hall–Kier alpha value is -0.860. The zero-order chi connectivity index (χ0) is 26.2. The number of likely N-dealkylation sites (tertiary alicyclic amines) is 1. The van der Waals surface area contributed by atoms with Gasteiger partial charge in [0.15, 0.2) is 0 Å². The molecule has 0 unspecified atom stereocenters. The maximum Gasteiger partial charge on any atom is 0.0720 e. The van der Waals surface area contributed by atoms with Gasteiger partial charge in [-0.1, -0.05) is 57.5 Å². The highest BCUT2D eigenvalue weighted by atomic mass is 16.5. The van der Waals surface area contributed by atoms with Crippen LogP contribution in [-0.4, -0.2) is 30.6 Å². The van der Waals surface area contributed by atoms with E-state index in [0.29, 0.717) is 16.9 Å². The molecule has 6 rings (SSSR count). The van der Waals surface area contributed by atoms with Gasteiger partial charge < -0.3 is 9.64 Å². The monoisotopic (exact) mass is 519 g/mol. The number of hydrogen-bond acceptors (Lipinski definition) is 2. The van der Waals surface area contributed by atoms with Crippen LogP contribution in [0.4, 0.5) is 0 Å². The smallest absolute Gasteiger partial charge is 0.0720 e. The first-order valence-corrected chi connectivity index (χ1v) is 16.9. The molecule has 1 heterocycles. The lowest BCUT2D eigenvalue weighted by Crippen LogP contribution is -2.54. The Balaban J connectivity index is 1.04. The molecule has 212 valence electrons. The van der Waals surface area contributed by atoms with Crippen LogP contribution in [0.5, 0.6) is 0 Å². The van der Waals surface area contributed by atoms with E-state index >= 15 is 0 Å². The number of benzene rings is 1. The molecule has 0 N–H and O–H groups in total. The summed E-state index contributed by atoms with van der Waals surface area (Å²) in [4.78, 5) is 2.75. The van der Waals surface area contributed by atoms with Gasteiger partial charge in [0.25, 0.3) is 0 Å². The molecule has 0 spiro atoms. The quantitative estimate of drug-likeness (QED) is 0.339. The molecule has 2 nitrogen and oxygen atoms in total. The highest BCUT2D eigenvalue weighted by Gasteiger charge is 2.60. The van der Waals surface area contributed by atoms with Crippen LogP contribution < -0.4 is 0 Å². The molecular formula is C36H57NO. The third-order valence-corrected chi connectivity index (χ3v) is 13.3. The number of hydrogen-bond donors (Lipinski definition) is 0. The SMILES string of the molecule is C[C@H](CCCN1CCCCC1)[C@H]1CC[C@H]2[C@@H]3CC[C@@H]4C[C@H](OCc5ccccc5)CC[C@]4(C)[C@H]3CC[C@]12C. The highest BCUT2D eigenvalue weighted by molar-refractivity contribution is 5.14. The largest absolute Gasteiger partial charge is 0.374 e. The van der Waals surface area contributed by atoms with Gasteiger partial charge in [-0.2, -0.15) is 0 Å². The van der Waals surface area contributed by atoms with E-state index in [1.165, 1.54) is 115 Å². The van der Waals surface area contributed by atoms with Crippen molar-refractivity contribution in [2.24, 2.45) is 46.3 Å². The number of ether oxygens (including phenoxy) is 1. The fourth-order valence-electron chi connectivity index (χ4n) is 11.2. The van der Waals surface area contributed by atoms with Crippen LogP contribution in [-0.2, 0) is 11.3 Å². The Bertz CT molecular complexity index is 894. The average molecular weight is 520 g/mol. The molecule has 4 aliphatic carbocycles. The molecular weight excluding hydrogens is 462 g/mol. The molecule has 2 heteroatoms. The van der Waals surface area contributed by atoms with E-state index in [-0.39, 0.29) is 0 Å². The normalized spacial score (nSPS) is 42.2. The van der Waals surface area contributed by atoms with Crippen LogP contribution in [0.2, 0.25) is 0 Å². The van der Waals surface area contributed by atoms with Crippen molar-refractivity contribution in [2.45, 2.75) is 123 Å². The summed E-state index contributed by atoms with van der Waals surface area (Å²) in [5, 5.41) is 0. The summed E-state index contributed by atoms with van der Waals surface area (Å²) in [5.74, 6) is 5.75. The van der Waals surface area contributed by atoms with Gasteiger partial charge in [-0.25, -0.2) is 0 Å². The number of fused-ring (bicyclic) bond motifs is 5. The van der Waals surface area contributed by atoms with Gasteiger partial charge in [-0.3, -0.25) is 0 Å². The zero-order valence-electron chi connectivity index (χ0n) is 25.0. The van der Waals surface area contributed by atoms with E-state index in [4.69, 9.17) is 4.74 Å². The van der Waals surface area contributed by atoms with Crippen LogP contribution >= 0.6 is 0 Å². The average Bonchev–Trinajstić information content (AvgIpc) is 3.30. The van der Waals surface area contributed by atoms with Gasteiger partial charge in [0.05, 0.1) is 12.7 Å². The van der Waals surface area contributed by atoms with Gasteiger partial charge in [-0.15, -0.1) is 0 Å². The summed E-state index contributed by atoms with van der Waals surface area (Å²) >= 11 is 0. The highest BCUT2D eigenvalue weighted by Crippen LogP contribution is 2.68. The maximum absolute atomic E-state index is 6.49. The predicted octanol–water partition coefficient (Wildman–Crippen LogP) is 9.13. The molecule has 9 atom stereocenters. The first-order valence-electron chi connectivity index (χ1n) is 16.9. The second-order valence-corrected chi connectivity index (χ2v) is 15.1. The van der Waals surface area contributed by atoms with E-state index in [2.05, 4.69) is 56.0 Å². The minimum absolute atomic E-state index is 0.473. The van der Waals surface area contributed by atoms with E-state index in [9.17, 15) is 0 Å². The molecule has 0 aromatic heterocycles. The maximum atomic E-state index is 6.49. The molecule has 1 aromatic rings. The number of nitrogens with zero attached hydrogens (tertiary/aromatic N) is 1. The predicted molar refractivity (Wildman–Crippen MR) is 159 cm³/mol. The second kappa shape index (κ2) is 11.6. The third kappa shape index (κ3) is 5.27. The van der Waals surface area contributed by atoms with Crippen molar-refractivity contribution in [3.05, 3.63) is 35.9 Å². The van der Waals surface area contributed by atoms with E-state index in [1.807, 2.05) is 0 Å². The zero-order valence-corrected chi connectivity index (χ0v) is 25.0. The van der Waals surface area contributed by atoms with Crippen LogP contribution in [0, 0.1) is 46.3 Å². The summed E-state index contributed by atoms with van der Waals surface area (Å²) < 4.78 is 6.49. The minimum atomic E-state index is 0.473. The Morgan fingerprint density at radius 1 is 0.868 bits per heavy atom. The molecule has 0 radical (unpaired) electrons. The lowest BCUT2D eigenvalue weighted by atomic mass is 9.44. The molecule has 5 fully saturated rings. The minimum Gasteiger partial charge on any atom is -0.374 e. The number of piperidine rings is 1. The molecule has 1 aliphatic heterocycles. The van der Waals surface area contributed by atoms with Gasteiger partial charge in [0, 0.05) is 0 Å². The fraction of sp³-hybridized carbons (Fsp3) is 0.833. The summed E-state index contributed by atoms with van der Waals surface area (Å²) in [6, 6.07) is 10.8. The van der Waals surface area contributed by atoms with Crippen LogP contribution in [0.1, 0.15) is 116 Å². The number of rotatable bonds is 8. The molecule has 1 aromatic carbocycles. The lowest BCUT2D eigenvalue weighted by molar-refractivity contribution is -0.138. The van der Waals surface area contributed by atoms with Crippen molar-refractivity contribution >= 4 is 0 Å². The standard InChI is InChI=1S/C36H57NO/c1-27(11-10-24-37-22-8-5-9-23-37)32-16-17-33-31-15-14-29-25-30(38-26-28-12-6-4-7-13-28)18-20-35(29,2)34(31)19-21-36(32,33)3/h4,6-7,12-13,27,29-34H,5,8-11,14-26H2,1-3H3/t27-,29-,30-,31+,32-,33+,34+,35+,36-/m1/s1. The van der Waals surface area contributed by atoms with Crippen LogP contribution in [0.25, 0.3) is 0 Å². The first-order chi connectivity index (χ1) is 18.5. The molecule has 38 heavy (non-hydrogen) atoms. The van der Waals surface area contributed by atoms with Crippen molar-refractivity contribution in [3.63, 3.8) is 0 Å². The Kier molecular flexibility index (Phi) is 8.31. The van der Waals surface area contributed by atoms with Gasteiger partial charge in [0.2, 0.25) is 0 Å². The molecule has 0 bridgehead atoms. The van der Waals surface area contributed by atoms with Crippen LogP contribution in [0.3, 0.4) is 0 Å².